The van der Waals surface area contributed by atoms with Crippen molar-refractivity contribution in [3.8, 4) is 34.3 Å². The molecule has 1 aliphatic rings. The van der Waals surface area contributed by atoms with Crippen LogP contribution in [0.15, 0.2) is 46.9 Å². The molecule has 0 aliphatic carbocycles. The van der Waals surface area contributed by atoms with Gasteiger partial charge in [-0.3, -0.25) is 33.6 Å². The summed E-state index contributed by atoms with van der Waals surface area (Å²) < 4.78 is 56.1. The molecule has 0 N–H and O–H groups in total. The largest absolute Gasteiger partial charge is 0.463 e. The van der Waals surface area contributed by atoms with Gasteiger partial charge in [-0.2, -0.15) is 0 Å². The van der Waals surface area contributed by atoms with E-state index in [1.54, 1.807) is 0 Å². The van der Waals surface area contributed by atoms with E-state index in [4.69, 9.17) is 47.0 Å². The highest BCUT2D eigenvalue weighted by atomic mass is 16.7. The molecule has 17 heteroatoms. The number of rotatable bonds is 11. The van der Waals surface area contributed by atoms with Crippen LogP contribution in [0.2, 0.25) is 0 Å². The average molecular weight is 728 g/mol. The molecule has 2 heterocycles. The molecular formula is C35H35O17+. The third-order valence-corrected chi connectivity index (χ3v) is 6.87. The number of carbonyl (C=O) groups excluding carboxylic acids is 7. The standard InChI is InChI=1S/C35H35O17/c1-16(36)43-15-30-32(47-20(5)40)33(48-21(6)41)34(49-22(7)42)35(52-30)51-29-14-26-27(46-19(4)39)12-25(45-18(3)38)13-28(26)50-31(29)23-8-10-24(11-9-23)44-17(2)37/h8-14,30,32-35H,15H2,1-7H3/q+1/t30-,32-,33+,34-,35-/m1/s1. The van der Waals surface area contributed by atoms with Gasteiger partial charge in [-0.15, -0.1) is 0 Å². The van der Waals surface area contributed by atoms with Crippen LogP contribution in [0.3, 0.4) is 0 Å². The van der Waals surface area contributed by atoms with E-state index >= 15 is 0 Å². The molecule has 0 unspecified atom stereocenters. The highest BCUT2D eigenvalue weighted by molar-refractivity contribution is 5.91. The van der Waals surface area contributed by atoms with E-state index in [9.17, 15) is 33.6 Å². The molecule has 3 aromatic rings. The molecular weight excluding hydrogens is 692 g/mol. The van der Waals surface area contributed by atoms with E-state index in [1.807, 2.05) is 0 Å². The van der Waals surface area contributed by atoms with Crippen molar-refractivity contribution in [2.45, 2.75) is 79.2 Å². The van der Waals surface area contributed by atoms with Crippen LogP contribution in [-0.2, 0) is 57.2 Å². The normalized spacial score (nSPS) is 19.4. The van der Waals surface area contributed by atoms with Crippen LogP contribution in [0.25, 0.3) is 22.3 Å². The zero-order chi connectivity index (χ0) is 38.3. The summed E-state index contributed by atoms with van der Waals surface area (Å²) in [4.78, 5) is 84.1. The van der Waals surface area contributed by atoms with Crippen LogP contribution >= 0.6 is 0 Å². The predicted octanol–water partition coefficient (Wildman–Crippen LogP) is 3.62. The summed E-state index contributed by atoms with van der Waals surface area (Å²) in [5, 5.41) is 0.131. The average Bonchev–Trinajstić information content (AvgIpc) is 3.02. The number of ether oxygens (including phenoxy) is 9. The Balaban J connectivity index is 1.95. The van der Waals surface area contributed by atoms with Crippen molar-refractivity contribution < 1.29 is 80.6 Å². The molecule has 0 saturated carbocycles. The zero-order valence-corrected chi connectivity index (χ0v) is 29.1. The number of benzene rings is 2. The summed E-state index contributed by atoms with van der Waals surface area (Å²) in [7, 11) is 0. The molecule has 0 amide bonds. The summed E-state index contributed by atoms with van der Waals surface area (Å²) in [5.74, 6) is -5.30. The lowest BCUT2D eigenvalue weighted by Gasteiger charge is -2.43. The Hall–Kier alpha value is -6.10. The number of carbonyl (C=O) groups is 7. The Labute approximate surface area is 295 Å². The van der Waals surface area contributed by atoms with Crippen LogP contribution in [-0.4, -0.2) is 79.1 Å². The molecule has 4 rings (SSSR count). The summed E-state index contributed by atoms with van der Waals surface area (Å²) in [6, 6.07) is 9.99. The van der Waals surface area contributed by atoms with Gasteiger partial charge in [0.2, 0.25) is 18.1 Å². The maximum Gasteiger partial charge on any atom is 0.402 e. The fraction of sp³-hybridized carbons (Fsp3) is 0.371. The molecule has 17 nitrogen and oxygen atoms in total. The number of esters is 7. The van der Waals surface area contributed by atoms with E-state index in [2.05, 4.69) is 0 Å². The second kappa shape index (κ2) is 16.7. The first-order valence-corrected chi connectivity index (χ1v) is 15.6. The maximum atomic E-state index is 12.4. The van der Waals surface area contributed by atoms with Crippen molar-refractivity contribution in [3.63, 3.8) is 0 Å². The summed E-state index contributed by atoms with van der Waals surface area (Å²) in [6.45, 7) is 7.39. The molecule has 52 heavy (non-hydrogen) atoms. The molecule has 2 aromatic carbocycles. The van der Waals surface area contributed by atoms with E-state index in [1.165, 1.54) is 56.3 Å². The molecule has 5 atom stereocenters. The molecule has 1 aliphatic heterocycles. The lowest BCUT2D eigenvalue weighted by molar-refractivity contribution is -0.288. The van der Waals surface area contributed by atoms with Gasteiger partial charge < -0.3 is 42.6 Å². The first kappa shape index (κ1) is 38.7. The number of hydrogen-bond donors (Lipinski definition) is 0. The Kier molecular flexibility index (Phi) is 12.5. The second-order valence-electron chi connectivity index (χ2n) is 11.3. The molecule has 0 bridgehead atoms. The van der Waals surface area contributed by atoms with Crippen molar-refractivity contribution in [2.75, 3.05) is 6.61 Å². The fourth-order valence-electron chi connectivity index (χ4n) is 5.16. The molecule has 276 valence electrons. The quantitative estimate of drug-likeness (QED) is 0.119. The van der Waals surface area contributed by atoms with Crippen molar-refractivity contribution in [1.82, 2.24) is 0 Å². The summed E-state index contributed by atoms with van der Waals surface area (Å²) >= 11 is 0. The third kappa shape index (κ3) is 10.2. The molecule has 1 aromatic heterocycles. The Morgan fingerprint density at radius 3 is 1.71 bits per heavy atom. The third-order valence-electron chi connectivity index (χ3n) is 6.87. The molecule has 1 saturated heterocycles. The maximum absolute atomic E-state index is 12.4. The predicted molar refractivity (Wildman–Crippen MR) is 173 cm³/mol. The Morgan fingerprint density at radius 2 is 1.15 bits per heavy atom. The van der Waals surface area contributed by atoms with E-state index in [0.29, 0.717) is 5.56 Å². The van der Waals surface area contributed by atoms with Gasteiger partial charge in [-0.05, 0) is 24.3 Å². The molecule has 0 spiro atoms. The van der Waals surface area contributed by atoms with Gasteiger partial charge in [0.25, 0.3) is 0 Å². The van der Waals surface area contributed by atoms with Crippen LogP contribution in [0.1, 0.15) is 48.5 Å². The lowest BCUT2D eigenvalue weighted by atomic mass is 9.98. The van der Waals surface area contributed by atoms with Crippen LogP contribution in [0.4, 0.5) is 0 Å². The van der Waals surface area contributed by atoms with Crippen LogP contribution in [0.5, 0.6) is 23.0 Å². The van der Waals surface area contributed by atoms with Crippen LogP contribution < -0.4 is 18.9 Å². The van der Waals surface area contributed by atoms with Crippen molar-refractivity contribution in [3.05, 3.63) is 42.5 Å². The van der Waals surface area contributed by atoms with E-state index < -0.39 is 79.1 Å². The van der Waals surface area contributed by atoms with Crippen LogP contribution in [0, 0.1) is 0 Å². The molecule has 1 fully saturated rings. The minimum Gasteiger partial charge on any atom is -0.463 e. The minimum atomic E-state index is -1.68. The van der Waals surface area contributed by atoms with Crippen molar-refractivity contribution in [1.29, 1.82) is 0 Å². The molecule has 0 radical (unpaired) electrons. The van der Waals surface area contributed by atoms with Crippen molar-refractivity contribution in [2.24, 2.45) is 0 Å². The van der Waals surface area contributed by atoms with Gasteiger partial charge in [0.15, 0.2) is 18.0 Å². The smallest absolute Gasteiger partial charge is 0.402 e. The first-order chi connectivity index (χ1) is 24.5. The zero-order valence-electron chi connectivity index (χ0n) is 29.1. The summed E-state index contributed by atoms with van der Waals surface area (Å²) in [5.41, 5.74) is 0.369. The van der Waals surface area contributed by atoms with Gasteiger partial charge in [0.1, 0.15) is 29.6 Å². The topological polar surface area (TPSA) is 214 Å². The van der Waals surface area contributed by atoms with E-state index in [0.717, 1.165) is 34.6 Å². The highest BCUT2D eigenvalue weighted by Gasteiger charge is 2.54. The Morgan fingerprint density at radius 1 is 0.596 bits per heavy atom. The Bertz CT molecular complexity index is 1880. The minimum absolute atomic E-state index is 0.0237. The van der Waals surface area contributed by atoms with Gasteiger partial charge in [-0.1, -0.05) is 0 Å². The van der Waals surface area contributed by atoms with Gasteiger partial charge >= 0.3 is 53.1 Å². The number of hydrogen-bond acceptors (Lipinski definition) is 16. The van der Waals surface area contributed by atoms with Gasteiger partial charge in [-0.25, -0.2) is 4.42 Å². The fourth-order valence-corrected chi connectivity index (χ4v) is 5.16. The van der Waals surface area contributed by atoms with Gasteiger partial charge in [0.05, 0.1) is 11.6 Å². The highest BCUT2D eigenvalue weighted by Crippen LogP contribution is 2.42. The second-order valence-corrected chi connectivity index (χ2v) is 11.3. The number of fused-ring (bicyclic) bond motifs is 1. The lowest BCUT2D eigenvalue weighted by Crippen LogP contribution is -2.63. The summed E-state index contributed by atoms with van der Waals surface area (Å²) in [6.07, 6.45) is -7.61. The monoisotopic (exact) mass is 727 g/mol. The van der Waals surface area contributed by atoms with Gasteiger partial charge in [0, 0.05) is 60.6 Å². The SMILES string of the molecule is CC(=O)OC[C@H]1O[C@@H](Oc2cc3c(OC(C)=O)cc(OC(C)=O)cc3[o+]c2-c2ccc(OC(C)=O)cc2)[C@H](OC(C)=O)[C@@H](OC(C)=O)[C@@H]1OC(C)=O. The van der Waals surface area contributed by atoms with E-state index in [-0.39, 0.29) is 39.7 Å². The van der Waals surface area contributed by atoms with Crippen molar-refractivity contribution >= 4 is 52.8 Å². The first-order valence-electron chi connectivity index (χ1n) is 15.6.